The SMILES string of the molecule is O=C(CCNC(=O)c1ccco1)Nc1ccc(C(=O)N2CCc3ccccc32)cc1. The molecule has 0 saturated carbocycles. The summed E-state index contributed by atoms with van der Waals surface area (Å²) in [4.78, 5) is 38.5. The van der Waals surface area contributed by atoms with Crippen molar-refractivity contribution in [3.63, 3.8) is 0 Å². The largest absolute Gasteiger partial charge is 0.459 e. The number of anilines is 2. The minimum absolute atomic E-state index is 0.0570. The third-order valence-corrected chi connectivity index (χ3v) is 4.93. The van der Waals surface area contributed by atoms with E-state index in [1.54, 1.807) is 41.3 Å². The molecule has 2 heterocycles. The maximum atomic E-state index is 12.8. The monoisotopic (exact) mass is 403 g/mol. The second kappa shape index (κ2) is 8.65. The fourth-order valence-corrected chi connectivity index (χ4v) is 3.41. The molecule has 4 rings (SSSR count). The molecule has 0 radical (unpaired) electrons. The Balaban J connectivity index is 1.29. The lowest BCUT2D eigenvalue weighted by atomic mass is 10.1. The van der Waals surface area contributed by atoms with Crippen LogP contribution in [-0.2, 0) is 11.2 Å². The van der Waals surface area contributed by atoms with Gasteiger partial charge in [0.25, 0.3) is 11.8 Å². The Bertz CT molecular complexity index is 1060. The molecule has 0 bridgehead atoms. The maximum absolute atomic E-state index is 12.8. The van der Waals surface area contributed by atoms with Crippen LogP contribution in [0.5, 0.6) is 0 Å². The van der Waals surface area contributed by atoms with Gasteiger partial charge in [-0.15, -0.1) is 0 Å². The van der Waals surface area contributed by atoms with Crippen molar-refractivity contribution < 1.29 is 18.8 Å². The Morgan fingerprint density at radius 1 is 0.967 bits per heavy atom. The van der Waals surface area contributed by atoms with E-state index in [2.05, 4.69) is 10.6 Å². The third-order valence-electron chi connectivity index (χ3n) is 4.93. The van der Waals surface area contributed by atoms with Crippen LogP contribution in [0.15, 0.2) is 71.3 Å². The molecule has 0 aliphatic carbocycles. The number of amides is 3. The number of hydrogen-bond acceptors (Lipinski definition) is 4. The summed E-state index contributed by atoms with van der Waals surface area (Å²) in [5.74, 6) is -0.448. The first-order valence-electron chi connectivity index (χ1n) is 9.73. The normalized spacial score (nSPS) is 12.3. The van der Waals surface area contributed by atoms with E-state index in [1.165, 1.54) is 11.8 Å². The lowest BCUT2D eigenvalue weighted by Gasteiger charge is -2.17. The predicted octanol–water partition coefficient (Wildman–Crippen LogP) is 3.24. The van der Waals surface area contributed by atoms with E-state index in [1.807, 2.05) is 24.3 Å². The van der Waals surface area contributed by atoms with Gasteiger partial charge in [0.15, 0.2) is 5.76 Å². The highest BCUT2D eigenvalue weighted by atomic mass is 16.3. The van der Waals surface area contributed by atoms with Gasteiger partial charge in [-0.05, 0) is 54.4 Å². The molecular weight excluding hydrogens is 382 g/mol. The van der Waals surface area contributed by atoms with E-state index in [0.29, 0.717) is 17.8 Å². The highest BCUT2D eigenvalue weighted by molar-refractivity contribution is 6.07. The Hall–Kier alpha value is -3.87. The highest BCUT2D eigenvalue weighted by Crippen LogP contribution is 2.29. The van der Waals surface area contributed by atoms with E-state index in [9.17, 15) is 14.4 Å². The van der Waals surface area contributed by atoms with Crippen LogP contribution in [0.1, 0.15) is 32.9 Å². The van der Waals surface area contributed by atoms with E-state index >= 15 is 0 Å². The van der Waals surface area contributed by atoms with Crippen molar-refractivity contribution in [2.45, 2.75) is 12.8 Å². The highest BCUT2D eigenvalue weighted by Gasteiger charge is 2.25. The van der Waals surface area contributed by atoms with E-state index in [0.717, 1.165) is 12.1 Å². The van der Waals surface area contributed by atoms with Gasteiger partial charge in [-0.1, -0.05) is 18.2 Å². The Morgan fingerprint density at radius 3 is 2.53 bits per heavy atom. The lowest BCUT2D eigenvalue weighted by molar-refractivity contribution is -0.116. The number of nitrogens with zero attached hydrogens (tertiary/aromatic N) is 1. The second-order valence-electron chi connectivity index (χ2n) is 6.94. The van der Waals surface area contributed by atoms with Crippen LogP contribution in [0, 0.1) is 0 Å². The molecule has 152 valence electrons. The third kappa shape index (κ3) is 4.25. The summed E-state index contributed by atoms with van der Waals surface area (Å²) in [5.41, 5.74) is 3.29. The van der Waals surface area contributed by atoms with Crippen LogP contribution >= 0.6 is 0 Å². The van der Waals surface area contributed by atoms with Crippen LogP contribution in [-0.4, -0.2) is 30.8 Å². The summed E-state index contributed by atoms with van der Waals surface area (Å²) in [7, 11) is 0. The summed E-state index contributed by atoms with van der Waals surface area (Å²) in [6.45, 7) is 0.858. The maximum Gasteiger partial charge on any atom is 0.286 e. The molecule has 0 atom stereocenters. The zero-order valence-electron chi connectivity index (χ0n) is 16.3. The predicted molar refractivity (Wildman–Crippen MR) is 113 cm³/mol. The number of rotatable bonds is 6. The van der Waals surface area contributed by atoms with Gasteiger partial charge >= 0.3 is 0 Å². The molecule has 7 nitrogen and oxygen atoms in total. The zero-order chi connectivity index (χ0) is 20.9. The minimum atomic E-state index is -0.362. The standard InChI is InChI=1S/C23H21N3O4/c27-21(11-13-24-22(28)20-6-3-15-30-20)25-18-9-7-17(8-10-18)23(29)26-14-12-16-4-1-2-5-19(16)26/h1-10,15H,11-14H2,(H,24,28)(H,25,27). The molecule has 0 spiro atoms. The van der Waals surface area contributed by atoms with Crippen LogP contribution in [0.3, 0.4) is 0 Å². The van der Waals surface area contributed by atoms with Gasteiger partial charge in [0.1, 0.15) is 0 Å². The number of nitrogens with one attached hydrogen (secondary N) is 2. The molecule has 0 saturated heterocycles. The topological polar surface area (TPSA) is 91.6 Å². The quantitative estimate of drug-likeness (QED) is 0.661. The van der Waals surface area contributed by atoms with Gasteiger partial charge in [-0.2, -0.15) is 0 Å². The van der Waals surface area contributed by atoms with E-state index in [4.69, 9.17) is 4.42 Å². The number of carbonyl (C=O) groups is 3. The molecule has 2 N–H and O–H groups in total. The van der Waals surface area contributed by atoms with Crippen molar-refractivity contribution in [1.29, 1.82) is 0 Å². The van der Waals surface area contributed by atoms with Gasteiger partial charge in [0.2, 0.25) is 5.91 Å². The molecule has 1 aliphatic heterocycles. The summed E-state index contributed by atoms with van der Waals surface area (Å²) >= 11 is 0. The molecular formula is C23H21N3O4. The molecule has 1 aromatic heterocycles. The molecule has 3 amide bonds. The number of hydrogen-bond donors (Lipinski definition) is 2. The summed E-state index contributed by atoms with van der Waals surface area (Å²) < 4.78 is 4.99. The Morgan fingerprint density at radius 2 is 1.77 bits per heavy atom. The smallest absolute Gasteiger partial charge is 0.286 e. The average Bonchev–Trinajstić information content (AvgIpc) is 3.44. The van der Waals surface area contributed by atoms with Crippen molar-refractivity contribution in [2.75, 3.05) is 23.3 Å². The number of furan rings is 1. The van der Waals surface area contributed by atoms with Crippen molar-refractivity contribution in [1.82, 2.24) is 5.32 Å². The average molecular weight is 403 g/mol. The van der Waals surface area contributed by atoms with Crippen molar-refractivity contribution in [2.24, 2.45) is 0 Å². The van der Waals surface area contributed by atoms with Crippen LogP contribution in [0.4, 0.5) is 11.4 Å². The fraction of sp³-hybridized carbons (Fsp3) is 0.174. The first-order valence-corrected chi connectivity index (χ1v) is 9.73. The van der Waals surface area contributed by atoms with Crippen molar-refractivity contribution in [3.8, 4) is 0 Å². The van der Waals surface area contributed by atoms with Crippen LogP contribution in [0.25, 0.3) is 0 Å². The van der Waals surface area contributed by atoms with Gasteiger partial charge in [0, 0.05) is 36.4 Å². The first kappa shape index (κ1) is 19.4. The van der Waals surface area contributed by atoms with Gasteiger partial charge < -0.3 is 20.0 Å². The second-order valence-corrected chi connectivity index (χ2v) is 6.94. The lowest BCUT2D eigenvalue weighted by Crippen LogP contribution is -2.29. The summed E-state index contributed by atoms with van der Waals surface area (Å²) in [5, 5.41) is 5.38. The molecule has 7 heteroatoms. The van der Waals surface area contributed by atoms with E-state index < -0.39 is 0 Å². The van der Waals surface area contributed by atoms with Crippen LogP contribution in [0.2, 0.25) is 0 Å². The van der Waals surface area contributed by atoms with Crippen LogP contribution < -0.4 is 15.5 Å². The molecule has 30 heavy (non-hydrogen) atoms. The molecule has 2 aromatic carbocycles. The Kier molecular flexibility index (Phi) is 5.61. The fourth-order valence-electron chi connectivity index (χ4n) is 3.41. The van der Waals surface area contributed by atoms with Gasteiger partial charge in [0.05, 0.1) is 6.26 Å². The Labute approximate surface area is 173 Å². The number of para-hydroxylation sites is 1. The van der Waals surface area contributed by atoms with E-state index in [-0.39, 0.29) is 36.4 Å². The number of carbonyl (C=O) groups excluding carboxylic acids is 3. The zero-order valence-corrected chi connectivity index (χ0v) is 16.3. The molecule has 0 fully saturated rings. The molecule has 0 unspecified atom stereocenters. The number of benzene rings is 2. The molecule has 3 aromatic rings. The van der Waals surface area contributed by atoms with Gasteiger partial charge in [-0.3, -0.25) is 14.4 Å². The van der Waals surface area contributed by atoms with Gasteiger partial charge in [-0.25, -0.2) is 0 Å². The van der Waals surface area contributed by atoms with Crippen molar-refractivity contribution >= 4 is 29.1 Å². The first-order chi connectivity index (χ1) is 14.6. The van der Waals surface area contributed by atoms with Crippen molar-refractivity contribution in [3.05, 3.63) is 83.8 Å². The number of fused-ring (bicyclic) bond motifs is 1. The summed E-state index contributed by atoms with van der Waals surface area (Å²) in [6, 6.07) is 17.9. The summed E-state index contributed by atoms with van der Waals surface area (Å²) in [6.07, 6.45) is 2.39. The molecule has 1 aliphatic rings. The minimum Gasteiger partial charge on any atom is -0.459 e.